The van der Waals surface area contributed by atoms with Crippen molar-refractivity contribution in [3.63, 3.8) is 0 Å². The van der Waals surface area contributed by atoms with Gasteiger partial charge >= 0.3 is 6.03 Å². The van der Waals surface area contributed by atoms with Crippen LogP contribution in [-0.4, -0.2) is 57.6 Å². The quantitative estimate of drug-likeness (QED) is 0.772. The Morgan fingerprint density at radius 2 is 1.89 bits per heavy atom. The minimum absolute atomic E-state index is 0.0105. The summed E-state index contributed by atoms with van der Waals surface area (Å²) in [5, 5.41) is 7.34. The van der Waals surface area contributed by atoms with Gasteiger partial charge in [0.15, 0.2) is 0 Å². The number of hydrogen-bond donors (Lipinski definition) is 1. The molecule has 27 heavy (non-hydrogen) atoms. The first-order chi connectivity index (χ1) is 12.9. The van der Waals surface area contributed by atoms with Crippen LogP contribution < -0.4 is 5.32 Å². The van der Waals surface area contributed by atoms with Gasteiger partial charge in [0, 0.05) is 24.8 Å². The fourth-order valence-corrected chi connectivity index (χ4v) is 3.11. The highest BCUT2D eigenvalue weighted by Gasteiger charge is 2.34. The van der Waals surface area contributed by atoms with Gasteiger partial charge in [0.2, 0.25) is 5.91 Å². The van der Waals surface area contributed by atoms with Gasteiger partial charge in [-0.3, -0.25) is 19.2 Å². The van der Waals surface area contributed by atoms with E-state index in [1.807, 2.05) is 48.9 Å². The molecule has 4 amide bonds. The summed E-state index contributed by atoms with van der Waals surface area (Å²) in [4.78, 5) is 38.1. The lowest BCUT2D eigenvalue weighted by Gasteiger charge is -2.14. The number of rotatable bonds is 6. The molecule has 1 aliphatic heterocycles. The predicted octanol–water partition coefficient (Wildman–Crippen LogP) is 1.06. The van der Waals surface area contributed by atoms with Crippen LogP contribution in [0.5, 0.6) is 0 Å². The van der Waals surface area contributed by atoms with E-state index >= 15 is 0 Å². The Morgan fingerprint density at radius 1 is 1.19 bits per heavy atom. The molecule has 0 aliphatic carbocycles. The minimum atomic E-state index is -0.446. The Labute approximate surface area is 157 Å². The number of nitrogens with one attached hydrogen (secondary N) is 1. The van der Waals surface area contributed by atoms with Crippen LogP contribution in [0, 0.1) is 13.8 Å². The van der Waals surface area contributed by atoms with Crippen LogP contribution in [-0.2, 0) is 22.7 Å². The maximum absolute atomic E-state index is 12.2. The molecular weight excluding hydrogens is 346 g/mol. The molecule has 2 heterocycles. The van der Waals surface area contributed by atoms with E-state index in [9.17, 15) is 14.4 Å². The molecule has 3 rings (SSSR count). The Morgan fingerprint density at radius 3 is 2.52 bits per heavy atom. The van der Waals surface area contributed by atoms with E-state index in [0.717, 1.165) is 27.4 Å². The summed E-state index contributed by atoms with van der Waals surface area (Å²) in [6, 6.07) is 9.58. The molecule has 1 aliphatic rings. The van der Waals surface area contributed by atoms with Crippen LogP contribution in [0.15, 0.2) is 30.3 Å². The smallest absolute Gasteiger partial charge is 0.327 e. The molecule has 0 spiro atoms. The normalized spacial score (nSPS) is 14.2. The Kier molecular flexibility index (Phi) is 5.25. The van der Waals surface area contributed by atoms with E-state index in [1.54, 1.807) is 0 Å². The van der Waals surface area contributed by atoms with Crippen molar-refractivity contribution in [3.8, 4) is 0 Å². The van der Waals surface area contributed by atoms with Crippen LogP contribution in [0.4, 0.5) is 4.79 Å². The molecule has 142 valence electrons. The van der Waals surface area contributed by atoms with E-state index in [2.05, 4.69) is 10.4 Å². The molecule has 0 saturated carbocycles. The summed E-state index contributed by atoms with van der Waals surface area (Å²) >= 11 is 0. The minimum Gasteiger partial charge on any atom is -0.350 e. The van der Waals surface area contributed by atoms with E-state index in [-0.39, 0.29) is 24.9 Å². The maximum Gasteiger partial charge on any atom is 0.327 e. The monoisotopic (exact) mass is 369 g/mol. The molecule has 1 fully saturated rings. The maximum atomic E-state index is 12.2. The van der Waals surface area contributed by atoms with Crippen molar-refractivity contribution in [2.24, 2.45) is 0 Å². The van der Waals surface area contributed by atoms with E-state index < -0.39 is 6.03 Å². The predicted molar refractivity (Wildman–Crippen MR) is 98.8 cm³/mol. The van der Waals surface area contributed by atoms with Crippen LogP contribution >= 0.6 is 0 Å². The molecule has 1 aromatic carbocycles. The van der Waals surface area contributed by atoms with Crippen molar-refractivity contribution in [3.05, 3.63) is 52.8 Å². The highest BCUT2D eigenvalue weighted by atomic mass is 16.2. The van der Waals surface area contributed by atoms with Gasteiger partial charge in [-0.05, 0) is 19.4 Å². The summed E-state index contributed by atoms with van der Waals surface area (Å²) in [6.45, 7) is 4.57. The molecule has 8 nitrogen and oxygen atoms in total. The lowest BCUT2D eigenvalue weighted by Crippen LogP contribution is -2.40. The number of amides is 4. The second-order valence-electron chi connectivity index (χ2n) is 6.69. The zero-order chi connectivity index (χ0) is 19.6. The van der Waals surface area contributed by atoms with Gasteiger partial charge in [-0.25, -0.2) is 4.79 Å². The average molecular weight is 369 g/mol. The molecule has 0 unspecified atom stereocenters. The number of carbonyl (C=O) groups is 3. The zero-order valence-corrected chi connectivity index (χ0v) is 15.7. The zero-order valence-electron chi connectivity index (χ0n) is 15.7. The highest BCUT2D eigenvalue weighted by Crippen LogP contribution is 2.15. The summed E-state index contributed by atoms with van der Waals surface area (Å²) < 4.78 is 1.91. The van der Waals surface area contributed by atoms with Crippen molar-refractivity contribution >= 4 is 17.8 Å². The van der Waals surface area contributed by atoms with Crippen molar-refractivity contribution in [2.75, 3.05) is 20.1 Å². The number of urea groups is 1. The van der Waals surface area contributed by atoms with Gasteiger partial charge in [-0.15, -0.1) is 0 Å². The molecule has 8 heteroatoms. The first kappa shape index (κ1) is 18.6. The fraction of sp³-hybridized carbons (Fsp3) is 0.368. The molecule has 0 radical (unpaired) electrons. The Bertz CT molecular complexity index is 875. The van der Waals surface area contributed by atoms with Crippen molar-refractivity contribution in [1.29, 1.82) is 0 Å². The van der Waals surface area contributed by atoms with Crippen molar-refractivity contribution in [1.82, 2.24) is 24.9 Å². The second kappa shape index (κ2) is 7.61. The SMILES string of the molecule is Cc1nn(Cc2ccccc2)c(C)c1CNC(=O)CN1C(=O)CN(C)C1=O. The van der Waals surface area contributed by atoms with Gasteiger partial charge in [-0.1, -0.05) is 30.3 Å². The summed E-state index contributed by atoms with van der Waals surface area (Å²) in [6.07, 6.45) is 0. The molecule has 0 atom stereocenters. The van der Waals surface area contributed by atoms with Gasteiger partial charge in [0.05, 0.1) is 12.2 Å². The van der Waals surface area contributed by atoms with Gasteiger partial charge in [-0.2, -0.15) is 5.10 Å². The summed E-state index contributed by atoms with van der Waals surface area (Å²) in [5.74, 6) is -0.734. The largest absolute Gasteiger partial charge is 0.350 e. The molecule has 1 aromatic heterocycles. The number of aromatic nitrogens is 2. The molecule has 1 N–H and O–H groups in total. The Balaban J connectivity index is 1.62. The van der Waals surface area contributed by atoms with E-state index in [4.69, 9.17) is 0 Å². The first-order valence-corrected chi connectivity index (χ1v) is 8.75. The average Bonchev–Trinajstić information content (AvgIpc) is 3.03. The standard InChI is InChI=1S/C19H23N5O3/c1-13-16(14(2)24(21-13)10-15-7-5-4-6-8-15)9-20-17(25)11-23-18(26)12-22(3)19(23)27/h4-8H,9-12H2,1-3H3,(H,20,25). The number of likely N-dealkylation sites (N-methyl/N-ethyl adjacent to an activating group) is 1. The topological polar surface area (TPSA) is 87.5 Å². The summed E-state index contributed by atoms with van der Waals surface area (Å²) in [7, 11) is 1.53. The van der Waals surface area contributed by atoms with Crippen LogP contribution in [0.3, 0.4) is 0 Å². The third kappa shape index (κ3) is 3.99. The number of carbonyl (C=O) groups excluding carboxylic acids is 3. The lowest BCUT2D eigenvalue weighted by atomic mass is 10.2. The van der Waals surface area contributed by atoms with Crippen LogP contribution in [0.1, 0.15) is 22.5 Å². The number of hydrogen-bond acceptors (Lipinski definition) is 4. The first-order valence-electron chi connectivity index (χ1n) is 8.75. The van der Waals surface area contributed by atoms with Crippen LogP contribution in [0.25, 0.3) is 0 Å². The fourth-order valence-electron chi connectivity index (χ4n) is 3.11. The number of nitrogens with zero attached hydrogens (tertiary/aromatic N) is 4. The van der Waals surface area contributed by atoms with Crippen molar-refractivity contribution < 1.29 is 14.4 Å². The third-order valence-corrected chi connectivity index (χ3v) is 4.70. The van der Waals surface area contributed by atoms with E-state index in [0.29, 0.717) is 13.1 Å². The summed E-state index contributed by atoms with van der Waals surface area (Å²) in [5.41, 5.74) is 3.91. The highest BCUT2D eigenvalue weighted by molar-refractivity contribution is 6.04. The molecule has 1 saturated heterocycles. The van der Waals surface area contributed by atoms with Crippen LogP contribution in [0.2, 0.25) is 0 Å². The van der Waals surface area contributed by atoms with Gasteiger partial charge in [0.25, 0.3) is 5.91 Å². The van der Waals surface area contributed by atoms with Gasteiger partial charge in [0.1, 0.15) is 13.1 Å². The third-order valence-electron chi connectivity index (χ3n) is 4.70. The second-order valence-corrected chi connectivity index (χ2v) is 6.69. The van der Waals surface area contributed by atoms with Gasteiger partial charge < -0.3 is 10.2 Å². The number of benzene rings is 1. The van der Waals surface area contributed by atoms with Crippen molar-refractivity contribution in [2.45, 2.75) is 26.9 Å². The molecule has 0 bridgehead atoms. The lowest BCUT2D eigenvalue weighted by molar-refractivity contribution is -0.130. The number of imide groups is 1. The molecule has 2 aromatic rings. The molecular formula is C19H23N5O3. The van der Waals surface area contributed by atoms with E-state index in [1.165, 1.54) is 11.9 Å². The Hall–Kier alpha value is -3.16. The number of aryl methyl sites for hydroxylation is 1.